The van der Waals surface area contributed by atoms with Crippen LogP contribution in [0.5, 0.6) is 0 Å². The Balaban J connectivity index is 1.73. The van der Waals surface area contributed by atoms with E-state index < -0.39 is 29.2 Å². The Morgan fingerprint density at radius 1 is 1.25 bits per heavy atom. The molecule has 0 bridgehead atoms. The number of aromatic nitrogens is 4. The fourth-order valence-corrected chi connectivity index (χ4v) is 2.97. The third kappa shape index (κ3) is 3.75. The second kappa shape index (κ2) is 7.10. The summed E-state index contributed by atoms with van der Waals surface area (Å²) in [7, 11) is 1.69. The minimum Gasteiger partial charge on any atom is -0.348 e. The van der Waals surface area contributed by atoms with E-state index in [9.17, 15) is 22.8 Å². The number of carbonyl (C=O) groups is 1. The van der Waals surface area contributed by atoms with Crippen molar-refractivity contribution in [3.05, 3.63) is 57.6 Å². The van der Waals surface area contributed by atoms with Crippen LogP contribution >= 0.6 is 0 Å². The van der Waals surface area contributed by atoms with Gasteiger partial charge in [0.15, 0.2) is 0 Å². The Morgan fingerprint density at radius 2 is 1.89 bits per heavy atom. The topological polar surface area (TPSA) is 81.8 Å². The van der Waals surface area contributed by atoms with Gasteiger partial charge in [-0.3, -0.25) is 14.3 Å². The first kappa shape index (κ1) is 19.6. The summed E-state index contributed by atoms with van der Waals surface area (Å²) >= 11 is 0. The third-order valence-electron chi connectivity index (χ3n) is 4.44. The van der Waals surface area contributed by atoms with E-state index in [1.807, 2.05) is 0 Å². The van der Waals surface area contributed by atoms with Gasteiger partial charge >= 0.3 is 6.18 Å². The molecule has 2 heterocycles. The molecule has 148 valence electrons. The van der Waals surface area contributed by atoms with E-state index in [1.165, 1.54) is 23.0 Å². The molecule has 3 aromatic rings. The van der Waals surface area contributed by atoms with Crippen LogP contribution in [0.2, 0.25) is 0 Å². The third-order valence-corrected chi connectivity index (χ3v) is 4.44. The smallest absolute Gasteiger partial charge is 0.348 e. The van der Waals surface area contributed by atoms with Crippen molar-refractivity contribution in [1.82, 2.24) is 24.9 Å². The lowest BCUT2D eigenvalue weighted by molar-refractivity contribution is -0.137. The largest absolute Gasteiger partial charge is 0.416 e. The summed E-state index contributed by atoms with van der Waals surface area (Å²) in [4.78, 5) is 24.8. The van der Waals surface area contributed by atoms with Crippen LogP contribution in [0, 0.1) is 6.92 Å². The molecule has 1 amide bonds. The second-order valence-corrected chi connectivity index (χ2v) is 6.49. The normalized spacial score (nSPS) is 12.9. The highest BCUT2D eigenvalue weighted by atomic mass is 19.4. The zero-order chi connectivity index (χ0) is 20.6. The van der Waals surface area contributed by atoms with E-state index in [4.69, 9.17) is 0 Å². The van der Waals surface area contributed by atoms with E-state index in [1.54, 1.807) is 20.9 Å². The lowest BCUT2D eigenvalue weighted by atomic mass is 10.1. The molecule has 0 saturated heterocycles. The number of halogens is 3. The van der Waals surface area contributed by atoms with Gasteiger partial charge in [-0.15, -0.1) is 0 Å². The SMILES string of the molecule is Cc1nn(C)c2cnn(CC(=O)N[C@@H](C)c3ccc(C(F)(F)F)cc3)c(=O)c12. The Labute approximate surface area is 157 Å². The predicted octanol–water partition coefficient (Wildman–Crippen LogP) is 2.33. The molecular formula is C18H18F3N5O2. The fourth-order valence-electron chi connectivity index (χ4n) is 2.97. The Hall–Kier alpha value is -3.17. The molecule has 7 nitrogen and oxygen atoms in total. The average molecular weight is 393 g/mol. The van der Waals surface area contributed by atoms with E-state index in [0.29, 0.717) is 22.2 Å². The van der Waals surface area contributed by atoms with E-state index >= 15 is 0 Å². The quantitative estimate of drug-likeness (QED) is 0.738. The summed E-state index contributed by atoms with van der Waals surface area (Å²) in [6, 6.07) is 4.01. The van der Waals surface area contributed by atoms with Crippen LogP contribution in [-0.4, -0.2) is 25.5 Å². The number of hydrogen-bond acceptors (Lipinski definition) is 4. The molecule has 1 aromatic carbocycles. The summed E-state index contributed by atoms with van der Waals surface area (Å²) in [6.07, 6.45) is -2.95. The van der Waals surface area contributed by atoms with Gasteiger partial charge in [0.25, 0.3) is 5.56 Å². The number of aryl methyl sites for hydroxylation is 2. The summed E-state index contributed by atoms with van der Waals surface area (Å²) in [5, 5.41) is 11.2. The van der Waals surface area contributed by atoms with Gasteiger partial charge in [0.1, 0.15) is 6.54 Å². The molecule has 3 rings (SSSR count). The van der Waals surface area contributed by atoms with Crippen LogP contribution in [0.25, 0.3) is 10.9 Å². The second-order valence-electron chi connectivity index (χ2n) is 6.49. The molecule has 10 heteroatoms. The van der Waals surface area contributed by atoms with Crippen molar-refractivity contribution in [3.8, 4) is 0 Å². The monoisotopic (exact) mass is 393 g/mol. The summed E-state index contributed by atoms with van der Waals surface area (Å²) in [5.74, 6) is -0.483. The first-order valence-electron chi connectivity index (χ1n) is 8.44. The maximum atomic E-state index is 12.6. The summed E-state index contributed by atoms with van der Waals surface area (Å²) in [5.41, 5.74) is 0.431. The van der Waals surface area contributed by atoms with Crippen molar-refractivity contribution in [1.29, 1.82) is 0 Å². The first-order valence-corrected chi connectivity index (χ1v) is 8.44. The lowest BCUT2D eigenvalue weighted by Crippen LogP contribution is -2.35. The molecule has 0 saturated carbocycles. The van der Waals surface area contributed by atoms with Gasteiger partial charge in [-0.25, -0.2) is 4.68 Å². The van der Waals surface area contributed by atoms with Gasteiger partial charge in [-0.2, -0.15) is 23.4 Å². The average Bonchev–Trinajstić information content (AvgIpc) is 2.91. The number of benzene rings is 1. The van der Waals surface area contributed by atoms with E-state index in [0.717, 1.165) is 16.8 Å². The molecule has 1 N–H and O–H groups in total. The Bertz CT molecular complexity index is 1080. The highest BCUT2D eigenvalue weighted by molar-refractivity contribution is 5.80. The van der Waals surface area contributed by atoms with Crippen molar-refractivity contribution >= 4 is 16.8 Å². The molecular weight excluding hydrogens is 375 g/mol. The molecule has 1 atom stereocenters. The van der Waals surface area contributed by atoms with Crippen molar-refractivity contribution in [3.63, 3.8) is 0 Å². The molecule has 0 radical (unpaired) electrons. The highest BCUT2D eigenvalue weighted by Crippen LogP contribution is 2.29. The number of rotatable bonds is 4. The van der Waals surface area contributed by atoms with E-state index in [-0.39, 0.29) is 6.54 Å². The molecule has 0 spiro atoms. The van der Waals surface area contributed by atoms with Crippen LogP contribution in [0.3, 0.4) is 0 Å². The van der Waals surface area contributed by atoms with Crippen molar-refractivity contribution in [2.45, 2.75) is 32.6 Å². The van der Waals surface area contributed by atoms with Crippen molar-refractivity contribution in [2.75, 3.05) is 0 Å². The maximum Gasteiger partial charge on any atom is 0.416 e. The first-order chi connectivity index (χ1) is 13.1. The number of carbonyl (C=O) groups excluding carboxylic acids is 1. The minimum atomic E-state index is -4.42. The molecule has 0 fully saturated rings. The standard InChI is InChI=1S/C18H18F3N5O2/c1-10(12-4-6-13(7-5-12)18(19,20)21)23-15(27)9-26-17(28)16-11(2)24-25(3)14(16)8-22-26/h4-8,10H,9H2,1-3H3,(H,23,27)/t10-/m0/s1. The predicted molar refractivity (Wildman–Crippen MR) is 95.5 cm³/mol. The van der Waals surface area contributed by atoms with Crippen molar-refractivity contribution < 1.29 is 18.0 Å². The van der Waals surface area contributed by atoms with Crippen LogP contribution in [-0.2, 0) is 24.6 Å². The van der Waals surface area contributed by atoms with Gasteiger partial charge in [-0.05, 0) is 31.5 Å². The van der Waals surface area contributed by atoms with Crippen LogP contribution in [0.4, 0.5) is 13.2 Å². The van der Waals surface area contributed by atoms with Gasteiger partial charge in [0, 0.05) is 7.05 Å². The molecule has 0 aliphatic rings. The minimum absolute atomic E-state index is 0.311. The number of nitrogens with one attached hydrogen (secondary N) is 1. The molecule has 0 unspecified atom stereocenters. The maximum absolute atomic E-state index is 12.6. The van der Waals surface area contributed by atoms with E-state index in [2.05, 4.69) is 15.5 Å². The molecule has 2 aromatic heterocycles. The van der Waals surface area contributed by atoms with Crippen LogP contribution in [0.1, 0.15) is 29.8 Å². The summed E-state index contributed by atoms with van der Waals surface area (Å²) < 4.78 is 40.5. The number of fused-ring (bicyclic) bond motifs is 1. The number of hydrogen-bond donors (Lipinski definition) is 1. The molecule has 0 aliphatic heterocycles. The number of amides is 1. The van der Waals surface area contributed by atoms with Crippen LogP contribution in [0.15, 0.2) is 35.3 Å². The van der Waals surface area contributed by atoms with Gasteiger partial charge in [0.2, 0.25) is 5.91 Å². The number of alkyl halides is 3. The van der Waals surface area contributed by atoms with Gasteiger partial charge in [0.05, 0.1) is 34.4 Å². The zero-order valence-corrected chi connectivity index (χ0v) is 15.4. The number of nitrogens with zero attached hydrogens (tertiary/aromatic N) is 4. The fraction of sp³-hybridized carbons (Fsp3) is 0.333. The van der Waals surface area contributed by atoms with Crippen molar-refractivity contribution in [2.24, 2.45) is 7.05 Å². The Morgan fingerprint density at radius 3 is 2.50 bits per heavy atom. The Kier molecular flexibility index (Phi) is 4.97. The summed E-state index contributed by atoms with van der Waals surface area (Å²) in [6.45, 7) is 3.03. The lowest BCUT2D eigenvalue weighted by Gasteiger charge is -2.15. The van der Waals surface area contributed by atoms with Gasteiger partial charge < -0.3 is 5.32 Å². The zero-order valence-electron chi connectivity index (χ0n) is 15.4. The highest BCUT2D eigenvalue weighted by Gasteiger charge is 2.30. The van der Waals surface area contributed by atoms with Gasteiger partial charge in [-0.1, -0.05) is 12.1 Å². The molecule has 28 heavy (non-hydrogen) atoms. The molecule has 0 aliphatic carbocycles. The van der Waals surface area contributed by atoms with Crippen LogP contribution < -0.4 is 10.9 Å².